The molecular weight excluding hydrogens is 480 g/mol. The molecule has 1 atom stereocenters. The molecule has 0 saturated carbocycles. The number of benzene rings is 2. The van der Waals surface area contributed by atoms with Crippen LogP contribution in [0.2, 0.25) is 5.02 Å². The number of hydrogen-bond donors (Lipinski definition) is 2. The van der Waals surface area contributed by atoms with Gasteiger partial charge in [-0.25, -0.2) is 9.59 Å². The van der Waals surface area contributed by atoms with E-state index >= 15 is 0 Å². The zero-order valence-electron chi connectivity index (χ0n) is 19.2. The zero-order valence-corrected chi connectivity index (χ0v) is 19.9. The summed E-state index contributed by atoms with van der Waals surface area (Å²) in [5.74, 6) is -1.15. The van der Waals surface area contributed by atoms with Crippen LogP contribution < -0.4 is 10.6 Å². The molecule has 0 spiro atoms. The Balaban J connectivity index is 1.81. The molecule has 0 radical (unpaired) electrons. The Labute approximate surface area is 205 Å². The van der Waals surface area contributed by atoms with Gasteiger partial charge in [0, 0.05) is 37.2 Å². The van der Waals surface area contributed by atoms with Gasteiger partial charge in [0.25, 0.3) is 11.6 Å². The number of nitro benzene ring substituents is 1. The quantitative estimate of drug-likeness (QED) is 0.243. The molecule has 1 heterocycles. The topological polar surface area (TPSA) is 140 Å². The van der Waals surface area contributed by atoms with Crippen LogP contribution in [0.4, 0.5) is 16.2 Å². The molecule has 0 aromatic heterocycles. The number of amides is 3. The molecule has 2 aromatic carbocycles. The van der Waals surface area contributed by atoms with Crippen LogP contribution in [0.25, 0.3) is 0 Å². The highest BCUT2D eigenvalue weighted by atomic mass is 35.5. The Morgan fingerprint density at radius 3 is 2.51 bits per heavy atom. The Morgan fingerprint density at radius 2 is 1.89 bits per heavy atom. The van der Waals surface area contributed by atoms with E-state index in [9.17, 15) is 24.5 Å². The van der Waals surface area contributed by atoms with Crippen LogP contribution in [-0.2, 0) is 14.3 Å². The molecule has 0 aliphatic carbocycles. The zero-order chi connectivity index (χ0) is 25.7. The highest BCUT2D eigenvalue weighted by Crippen LogP contribution is 2.31. The van der Waals surface area contributed by atoms with Crippen molar-refractivity contribution in [3.8, 4) is 0 Å². The van der Waals surface area contributed by atoms with Gasteiger partial charge in [0.15, 0.2) is 0 Å². The van der Waals surface area contributed by atoms with Crippen molar-refractivity contribution in [2.45, 2.75) is 13.0 Å². The smallest absolute Gasteiger partial charge is 0.338 e. The molecule has 184 valence electrons. The third kappa shape index (κ3) is 5.76. The highest BCUT2D eigenvalue weighted by molar-refractivity contribution is 6.32. The van der Waals surface area contributed by atoms with Gasteiger partial charge >= 0.3 is 12.0 Å². The molecule has 0 bridgehead atoms. The van der Waals surface area contributed by atoms with Crippen molar-refractivity contribution in [3.05, 3.63) is 80.0 Å². The molecule has 1 unspecified atom stereocenters. The van der Waals surface area contributed by atoms with Gasteiger partial charge < -0.3 is 25.0 Å². The summed E-state index contributed by atoms with van der Waals surface area (Å²) in [6.07, 6.45) is 0. The van der Waals surface area contributed by atoms with Crippen LogP contribution in [0.15, 0.2) is 53.7 Å². The molecule has 3 rings (SSSR count). The number of hydrogen-bond acceptors (Lipinski definition) is 7. The van der Waals surface area contributed by atoms with Crippen molar-refractivity contribution in [3.63, 3.8) is 0 Å². The SMILES string of the molecule is COCCOC(=O)C1=C(C)N(C)C(=O)NC1c1ccc(NC(=O)c2ccc(Cl)c([N+](=O)[O-])c2)cc1. The fraction of sp³-hybridized carbons (Fsp3) is 0.261. The number of nitro groups is 1. The Bertz CT molecular complexity index is 1200. The number of esters is 1. The van der Waals surface area contributed by atoms with Crippen molar-refractivity contribution in [1.82, 2.24) is 10.2 Å². The van der Waals surface area contributed by atoms with Crippen LogP contribution >= 0.6 is 11.6 Å². The van der Waals surface area contributed by atoms with E-state index in [1.165, 1.54) is 24.1 Å². The average molecular weight is 503 g/mol. The summed E-state index contributed by atoms with van der Waals surface area (Å²) < 4.78 is 10.2. The minimum atomic E-state index is -0.766. The van der Waals surface area contributed by atoms with Gasteiger partial charge in [-0.05, 0) is 36.8 Å². The number of carbonyl (C=O) groups is 3. The van der Waals surface area contributed by atoms with E-state index < -0.39 is 22.8 Å². The first-order valence-corrected chi connectivity index (χ1v) is 10.8. The molecule has 1 aliphatic heterocycles. The van der Waals surface area contributed by atoms with Crippen molar-refractivity contribution in [2.24, 2.45) is 0 Å². The number of nitrogens with zero attached hydrogens (tertiary/aromatic N) is 2. The van der Waals surface area contributed by atoms with Gasteiger partial charge in [0.2, 0.25) is 0 Å². The predicted octanol–water partition coefficient (Wildman–Crippen LogP) is 3.66. The number of urea groups is 1. The number of methoxy groups -OCH3 is 1. The lowest BCUT2D eigenvalue weighted by atomic mass is 9.95. The summed E-state index contributed by atoms with van der Waals surface area (Å²) >= 11 is 5.80. The number of halogens is 1. The fourth-order valence-electron chi connectivity index (χ4n) is 3.40. The van der Waals surface area contributed by atoms with Crippen molar-refractivity contribution >= 4 is 40.9 Å². The molecule has 2 N–H and O–H groups in total. The second-order valence-corrected chi connectivity index (χ2v) is 7.98. The van der Waals surface area contributed by atoms with Crippen LogP contribution in [0, 0.1) is 10.1 Å². The molecule has 12 heteroatoms. The lowest BCUT2D eigenvalue weighted by molar-refractivity contribution is -0.384. The lowest BCUT2D eigenvalue weighted by Gasteiger charge is -2.33. The second kappa shape index (κ2) is 11.0. The van der Waals surface area contributed by atoms with Gasteiger partial charge in [0.1, 0.15) is 11.6 Å². The third-order valence-corrected chi connectivity index (χ3v) is 5.72. The number of nitrogens with one attached hydrogen (secondary N) is 2. The van der Waals surface area contributed by atoms with Crippen LogP contribution in [0.1, 0.15) is 28.9 Å². The minimum Gasteiger partial charge on any atom is -0.460 e. The van der Waals surface area contributed by atoms with E-state index in [1.807, 2.05) is 0 Å². The Hall–Kier alpha value is -3.96. The maximum atomic E-state index is 12.8. The molecule has 0 saturated heterocycles. The van der Waals surface area contributed by atoms with E-state index in [1.54, 1.807) is 38.2 Å². The molecule has 35 heavy (non-hydrogen) atoms. The summed E-state index contributed by atoms with van der Waals surface area (Å²) in [6.45, 7) is 1.94. The number of ether oxygens (including phenoxy) is 2. The molecular formula is C23H23ClN4O7. The van der Waals surface area contributed by atoms with Crippen LogP contribution in [-0.4, -0.2) is 55.1 Å². The number of rotatable bonds is 8. The largest absolute Gasteiger partial charge is 0.460 e. The Kier molecular flexibility index (Phi) is 8.05. The van der Waals surface area contributed by atoms with Gasteiger partial charge in [-0.1, -0.05) is 23.7 Å². The van der Waals surface area contributed by atoms with E-state index in [-0.39, 0.29) is 41.1 Å². The summed E-state index contributed by atoms with van der Waals surface area (Å²) in [6, 6.07) is 9.06. The monoisotopic (exact) mass is 502 g/mol. The first kappa shape index (κ1) is 25.7. The standard InChI is InChI=1S/C23H23ClN4O7/c1-13-19(22(30)35-11-10-34-3)20(26-23(31)27(13)2)14-4-7-16(8-5-14)25-21(29)15-6-9-17(24)18(12-15)28(32)33/h4-9,12,20H,10-11H2,1-3H3,(H,25,29)(H,26,31). The third-order valence-electron chi connectivity index (χ3n) is 5.40. The highest BCUT2D eigenvalue weighted by Gasteiger charge is 2.35. The van der Waals surface area contributed by atoms with Crippen molar-refractivity contribution in [1.29, 1.82) is 0 Å². The summed E-state index contributed by atoms with van der Waals surface area (Å²) in [5.41, 5.74) is 1.40. The Morgan fingerprint density at radius 1 is 1.20 bits per heavy atom. The van der Waals surface area contributed by atoms with E-state index in [0.717, 1.165) is 6.07 Å². The maximum absolute atomic E-state index is 12.8. The second-order valence-electron chi connectivity index (χ2n) is 7.57. The predicted molar refractivity (Wildman–Crippen MR) is 127 cm³/mol. The van der Waals surface area contributed by atoms with E-state index in [4.69, 9.17) is 21.1 Å². The first-order valence-electron chi connectivity index (χ1n) is 10.4. The molecule has 3 amide bonds. The molecule has 1 aliphatic rings. The van der Waals surface area contributed by atoms with Crippen LogP contribution in [0.5, 0.6) is 0 Å². The molecule has 2 aromatic rings. The van der Waals surface area contributed by atoms with Gasteiger partial charge in [-0.15, -0.1) is 0 Å². The van der Waals surface area contributed by atoms with Crippen LogP contribution in [0.3, 0.4) is 0 Å². The summed E-state index contributed by atoms with van der Waals surface area (Å²) in [5, 5.41) is 16.4. The maximum Gasteiger partial charge on any atom is 0.338 e. The summed E-state index contributed by atoms with van der Waals surface area (Å²) in [4.78, 5) is 49.4. The molecule has 0 fully saturated rings. The van der Waals surface area contributed by atoms with E-state index in [2.05, 4.69) is 10.6 Å². The fourth-order valence-corrected chi connectivity index (χ4v) is 3.59. The number of anilines is 1. The normalized spacial score (nSPS) is 15.5. The van der Waals surface area contributed by atoms with E-state index in [0.29, 0.717) is 16.9 Å². The average Bonchev–Trinajstić information content (AvgIpc) is 2.83. The van der Waals surface area contributed by atoms with Crippen molar-refractivity contribution in [2.75, 3.05) is 32.7 Å². The summed E-state index contributed by atoms with van der Waals surface area (Å²) in [7, 11) is 3.04. The van der Waals surface area contributed by atoms with Gasteiger partial charge in [0.05, 0.1) is 23.1 Å². The van der Waals surface area contributed by atoms with Gasteiger partial charge in [-0.3, -0.25) is 14.9 Å². The first-order chi connectivity index (χ1) is 16.6. The van der Waals surface area contributed by atoms with Crippen molar-refractivity contribution < 1.29 is 28.8 Å². The number of allylic oxidation sites excluding steroid dienone is 1. The lowest BCUT2D eigenvalue weighted by Crippen LogP contribution is -2.46. The molecule has 11 nitrogen and oxygen atoms in total. The number of carbonyl (C=O) groups excluding carboxylic acids is 3. The van der Waals surface area contributed by atoms with Gasteiger partial charge in [-0.2, -0.15) is 0 Å². The minimum absolute atomic E-state index is 0.0598.